The van der Waals surface area contributed by atoms with E-state index in [2.05, 4.69) is 17.2 Å². The van der Waals surface area contributed by atoms with Crippen molar-refractivity contribution in [2.75, 3.05) is 6.54 Å². The average Bonchev–Trinajstić information content (AvgIpc) is 3.40. The molecule has 0 radical (unpaired) electrons. The molecule has 25 heavy (non-hydrogen) atoms. The highest BCUT2D eigenvalue weighted by Crippen LogP contribution is 2.33. The van der Waals surface area contributed by atoms with Crippen LogP contribution >= 0.6 is 0 Å². The molecule has 1 saturated heterocycles. The molecule has 7 heteroatoms. The summed E-state index contributed by atoms with van der Waals surface area (Å²) in [6.07, 6.45) is 5.19. The number of hydrogen-bond donors (Lipinski definition) is 0. The second kappa shape index (κ2) is 6.58. The zero-order valence-corrected chi connectivity index (χ0v) is 14.0. The Balaban J connectivity index is 1.54. The van der Waals surface area contributed by atoms with Crippen molar-refractivity contribution in [2.45, 2.75) is 38.6 Å². The van der Waals surface area contributed by atoms with Gasteiger partial charge in [-0.15, -0.1) is 0 Å². The average molecular weight is 341 g/mol. The van der Waals surface area contributed by atoms with Crippen LogP contribution < -0.4 is 0 Å². The summed E-state index contributed by atoms with van der Waals surface area (Å²) in [5, 5.41) is 8.07. The van der Waals surface area contributed by atoms with Crippen molar-refractivity contribution in [3.8, 4) is 11.5 Å². The van der Waals surface area contributed by atoms with E-state index >= 15 is 0 Å². The van der Waals surface area contributed by atoms with Gasteiger partial charge < -0.3 is 18.4 Å². The molecule has 1 aliphatic heterocycles. The summed E-state index contributed by atoms with van der Waals surface area (Å²) in [7, 11) is 0. The number of amides is 1. The summed E-state index contributed by atoms with van der Waals surface area (Å²) in [6.45, 7) is 2.76. The van der Waals surface area contributed by atoms with Crippen LogP contribution in [0.15, 0.2) is 44.0 Å². The molecule has 0 aliphatic carbocycles. The van der Waals surface area contributed by atoms with Gasteiger partial charge >= 0.3 is 0 Å². The summed E-state index contributed by atoms with van der Waals surface area (Å²) in [5.74, 6) is 1.68. The standard InChI is InChI=1S/C18H19N3O4/c1-2-5-12-10-13(19-24-12)15-6-3-8-21(15)18(22)14-11-17(25-20-14)16-7-4-9-23-16/h4,7,9-11,15H,2-3,5-6,8H2,1H3/t15-/m0/s1. The molecule has 1 amide bonds. The highest BCUT2D eigenvalue weighted by molar-refractivity contribution is 5.93. The maximum Gasteiger partial charge on any atom is 0.276 e. The van der Waals surface area contributed by atoms with E-state index in [-0.39, 0.29) is 17.6 Å². The Morgan fingerprint density at radius 2 is 2.20 bits per heavy atom. The van der Waals surface area contributed by atoms with Gasteiger partial charge in [-0.3, -0.25) is 4.79 Å². The summed E-state index contributed by atoms with van der Waals surface area (Å²) >= 11 is 0. The SMILES string of the molecule is CCCc1cc([C@@H]2CCCN2C(=O)c2cc(-c3ccco3)on2)no1. The molecule has 0 unspecified atom stereocenters. The molecule has 0 aromatic carbocycles. The molecule has 0 spiro atoms. The molecular weight excluding hydrogens is 322 g/mol. The van der Waals surface area contributed by atoms with E-state index in [0.717, 1.165) is 37.1 Å². The smallest absolute Gasteiger partial charge is 0.276 e. The largest absolute Gasteiger partial charge is 0.461 e. The number of furan rings is 1. The van der Waals surface area contributed by atoms with E-state index in [0.29, 0.717) is 18.1 Å². The normalized spacial score (nSPS) is 17.3. The van der Waals surface area contributed by atoms with Crippen molar-refractivity contribution in [2.24, 2.45) is 0 Å². The second-order valence-corrected chi connectivity index (χ2v) is 6.18. The van der Waals surface area contributed by atoms with E-state index < -0.39 is 0 Å². The van der Waals surface area contributed by atoms with E-state index in [1.54, 1.807) is 29.4 Å². The third kappa shape index (κ3) is 2.97. The molecular formula is C18H19N3O4. The van der Waals surface area contributed by atoms with E-state index in [4.69, 9.17) is 13.5 Å². The van der Waals surface area contributed by atoms with Crippen molar-refractivity contribution in [3.63, 3.8) is 0 Å². The van der Waals surface area contributed by atoms with E-state index in [9.17, 15) is 4.79 Å². The number of likely N-dealkylation sites (tertiary alicyclic amines) is 1. The third-order valence-corrected chi connectivity index (χ3v) is 4.42. The third-order valence-electron chi connectivity index (χ3n) is 4.42. The molecule has 4 heterocycles. The Kier molecular flexibility index (Phi) is 4.13. The first-order chi connectivity index (χ1) is 12.3. The van der Waals surface area contributed by atoms with Gasteiger partial charge in [0.1, 0.15) is 11.5 Å². The predicted octanol–water partition coefficient (Wildman–Crippen LogP) is 3.85. The first kappa shape index (κ1) is 15.7. The second-order valence-electron chi connectivity index (χ2n) is 6.18. The van der Waals surface area contributed by atoms with Gasteiger partial charge in [0.25, 0.3) is 5.91 Å². The Labute approximate surface area is 144 Å². The molecule has 0 saturated carbocycles. The fraction of sp³-hybridized carbons (Fsp3) is 0.389. The maximum atomic E-state index is 12.9. The van der Waals surface area contributed by atoms with Crippen LogP contribution in [0.25, 0.3) is 11.5 Å². The van der Waals surface area contributed by atoms with Gasteiger partial charge in [0.15, 0.2) is 11.5 Å². The lowest BCUT2D eigenvalue weighted by Gasteiger charge is -2.21. The number of aryl methyl sites for hydroxylation is 1. The minimum Gasteiger partial charge on any atom is -0.461 e. The van der Waals surface area contributed by atoms with Crippen LogP contribution in [0.3, 0.4) is 0 Å². The number of rotatable bonds is 5. The summed E-state index contributed by atoms with van der Waals surface area (Å²) in [5.41, 5.74) is 1.08. The van der Waals surface area contributed by atoms with Gasteiger partial charge in [0.2, 0.25) is 5.76 Å². The Hall–Kier alpha value is -2.83. The first-order valence-electron chi connectivity index (χ1n) is 8.53. The van der Waals surface area contributed by atoms with Gasteiger partial charge in [-0.1, -0.05) is 17.2 Å². The number of aromatic nitrogens is 2. The minimum absolute atomic E-state index is 0.0781. The van der Waals surface area contributed by atoms with Crippen LogP contribution in [0.2, 0.25) is 0 Å². The molecule has 1 atom stereocenters. The minimum atomic E-state index is -0.163. The van der Waals surface area contributed by atoms with E-state index in [1.165, 1.54) is 0 Å². The maximum absolute atomic E-state index is 12.9. The van der Waals surface area contributed by atoms with Crippen molar-refractivity contribution < 1.29 is 18.3 Å². The zero-order valence-electron chi connectivity index (χ0n) is 14.0. The van der Waals surface area contributed by atoms with Crippen molar-refractivity contribution in [1.82, 2.24) is 15.2 Å². The van der Waals surface area contributed by atoms with Crippen molar-refractivity contribution in [1.29, 1.82) is 0 Å². The Bertz CT molecular complexity index is 849. The van der Waals surface area contributed by atoms with Gasteiger partial charge in [-0.2, -0.15) is 0 Å². The number of carbonyl (C=O) groups excluding carboxylic acids is 1. The molecule has 4 rings (SSSR count). The molecule has 3 aromatic heterocycles. The topological polar surface area (TPSA) is 85.5 Å². The highest BCUT2D eigenvalue weighted by Gasteiger charge is 2.34. The Morgan fingerprint density at radius 1 is 1.28 bits per heavy atom. The van der Waals surface area contributed by atoms with Crippen LogP contribution in [-0.4, -0.2) is 27.7 Å². The molecule has 7 nitrogen and oxygen atoms in total. The van der Waals surface area contributed by atoms with Gasteiger partial charge in [0.05, 0.1) is 12.3 Å². The summed E-state index contributed by atoms with van der Waals surface area (Å²) in [4.78, 5) is 14.6. The quantitative estimate of drug-likeness (QED) is 0.700. The van der Waals surface area contributed by atoms with Gasteiger partial charge in [0, 0.05) is 25.1 Å². The lowest BCUT2D eigenvalue weighted by molar-refractivity contribution is 0.0720. The Morgan fingerprint density at radius 3 is 3.00 bits per heavy atom. The molecule has 1 fully saturated rings. The molecule has 1 aliphatic rings. The van der Waals surface area contributed by atoms with Crippen LogP contribution in [0, 0.1) is 0 Å². The summed E-state index contributed by atoms with van der Waals surface area (Å²) < 4.78 is 15.9. The van der Waals surface area contributed by atoms with E-state index in [1.807, 2.05) is 6.07 Å². The molecule has 3 aromatic rings. The van der Waals surface area contributed by atoms with Crippen LogP contribution in [0.4, 0.5) is 0 Å². The van der Waals surface area contributed by atoms with Crippen molar-refractivity contribution >= 4 is 5.91 Å². The van der Waals surface area contributed by atoms with Crippen LogP contribution in [-0.2, 0) is 6.42 Å². The van der Waals surface area contributed by atoms with Gasteiger partial charge in [-0.25, -0.2) is 0 Å². The summed E-state index contributed by atoms with van der Waals surface area (Å²) in [6, 6.07) is 7.01. The lowest BCUT2D eigenvalue weighted by Crippen LogP contribution is -2.30. The monoisotopic (exact) mass is 341 g/mol. The lowest BCUT2D eigenvalue weighted by atomic mass is 10.1. The highest BCUT2D eigenvalue weighted by atomic mass is 16.5. The zero-order chi connectivity index (χ0) is 17.2. The fourth-order valence-corrected chi connectivity index (χ4v) is 3.23. The van der Waals surface area contributed by atoms with Crippen molar-refractivity contribution in [3.05, 3.63) is 47.7 Å². The fourth-order valence-electron chi connectivity index (χ4n) is 3.23. The molecule has 0 N–H and O–H groups in total. The number of hydrogen-bond acceptors (Lipinski definition) is 6. The molecule has 130 valence electrons. The number of nitrogens with zero attached hydrogens (tertiary/aromatic N) is 3. The molecule has 0 bridgehead atoms. The van der Waals surface area contributed by atoms with Crippen LogP contribution in [0.1, 0.15) is 54.2 Å². The van der Waals surface area contributed by atoms with Gasteiger partial charge in [-0.05, 0) is 31.4 Å². The first-order valence-corrected chi connectivity index (χ1v) is 8.53. The number of carbonyl (C=O) groups is 1. The van der Waals surface area contributed by atoms with Crippen LogP contribution in [0.5, 0.6) is 0 Å². The predicted molar refractivity (Wildman–Crippen MR) is 87.7 cm³/mol.